The summed E-state index contributed by atoms with van der Waals surface area (Å²) in [7, 11) is 1.36. The molecule has 1 aliphatic carbocycles. The SMILES string of the molecule is COc1ccc(/C=C(\Cl)c2nc3sc4c(c3c(=O)[nH]2)CCCC4)cc1OC(F)F. The van der Waals surface area contributed by atoms with Crippen molar-refractivity contribution in [3.05, 3.63) is 50.4 Å². The molecule has 0 atom stereocenters. The fourth-order valence-corrected chi connectivity index (χ4v) is 4.94. The molecule has 5 nitrogen and oxygen atoms in total. The van der Waals surface area contributed by atoms with E-state index in [1.54, 1.807) is 6.07 Å². The fraction of sp³-hybridized carbons (Fsp3) is 0.300. The van der Waals surface area contributed by atoms with E-state index in [2.05, 4.69) is 14.7 Å². The first kappa shape index (κ1) is 19.8. The van der Waals surface area contributed by atoms with Crippen LogP contribution in [0.3, 0.4) is 0 Å². The highest BCUT2D eigenvalue weighted by Gasteiger charge is 2.20. The number of nitrogens with zero attached hydrogens (tertiary/aromatic N) is 1. The van der Waals surface area contributed by atoms with Gasteiger partial charge in [0, 0.05) is 4.88 Å². The molecule has 1 aliphatic rings. The summed E-state index contributed by atoms with van der Waals surface area (Å²) < 4.78 is 34.7. The number of hydrogen-bond donors (Lipinski definition) is 1. The first-order valence-corrected chi connectivity index (χ1v) is 10.2. The summed E-state index contributed by atoms with van der Waals surface area (Å²) in [4.78, 5) is 21.8. The van der Waals surface area contributed by atoms with Gasteiger partial charge in [-0.3, -0.25) is 4.79 Å². The zero-order chi connectivity index (χ0) is 20.5. The van der Waals surface area contributed by atoms with Crippen molar-refractivity contribution in [3.63, 3.8) is 0 Å². The van der Waals surface area contributed by atoms with E-state index in [1.807, 2.05) is 0 Å². The number of rotatable bonds is 5. The molecule has 0 bridgehead atoms. The molecule has 0 aliphatic heterocycles. The second kappa shape index (κ2) is 8.12. The monoisotopic (exact) mass is 438 g/mol. The highest BCUT2D eigenvalue weighted by molar-refractivity contribution is 7.18. The van der Waals surface area contributed by atoms with Gasteiger partial charge in [0.25, 0.3) is 5.56 Å². The Hall–Kier alpha value is -2.45. The number of benzene rings is 1. The Morgan fingerprint density at radius 3 is 2.86 bits per heavy atom. The summed E-state index contributed by atoms with van der Waals surface area (Å²) >= 11 is 7.91. The lowest BCUT2D eigenvalue weighted by molar-refractivity contribution is -0.0512. The molecule has 1 aromatic carbocycles. The predicted octanol–water partition coefficient (Wildman–Crippen LogP) is 5.21. The van der Waals surface area contributed by atoms with Gasteiger partial charge in [0.2, 0.25) is 0 Å². The van der Waals surface area contributed by atoms with Crippen molar-refractivity contribution in [3.8, 4) is 11.5 Å². The molecular formula is C20H17ClF2N2O3S. The third kappa shape index (κ3) is 4.00. The number of aromatic amines is 1. The maximum atomic E-state index is 12.7. The number of methoxy groups -OCH3 is 1. The standard InChI is InChI=1S/C20H17ClF2N2O3S/c1-27-13-7-6-10(9-14(13)28-20(22)23)8-12(21)17-24-18(26)16-11-4-2-3-5-15(11)29-19(16)25-17/h6-9,20H,2-5H2,1H3,(H,24,25,26)/b12-8-. The summed E-state index contributed by atoms with van der Waals surface area (Å²) in [6, 6.07) is 4.52. The van der Waals surface area contributed by atoms with Gasteiger partial charge in [-0.15, -0.1) is 11.3 Å². The molecule has 29 heavy (non-hydrogen) atoms. The number of nitrogens with one attached hydrogen (secondary N) is 1. The quantitative estimate of drug-likeness (QED) is 0.594. The van der Waals surface area contributed by atoms with E-state index < -0.39 is 6.61 Å². The molecule has 0 radical (unpaired) electrons. The number of aryl methyl sites for hydroxylation is 2. The highest BCUT2D eigenvalue weighted by Crippen LogP contribution is 2.35. The van der Waals surface area contributed by atoms with Crippen molar-refractivity contribution in [1.82, 2.24) is 9.97 Å². The van der Waals surface area contributed by atoms with E-state index in [9.17, 15) is 13.6 Å². The zero-order valence-corrected chi connectivity index (χ0v) is 17.0. The maximum Gasteiger partial charge on any atom is 0.387 e. The first-order valence-electron chi connectivity index (χ1n) is 9.01. The predicted molar refractivity (Wildman–Crippen MR) is 110 cm³/mol. The smallest absolute Gasteiger partial charge is 0.387 e. The molecule has 0 saturated heterocycles. The third-order valence-electron chi connectivity index (χ3n) is 4.75. The Balaban J connectivity index is 1.72. The van der Waals surface area contributed by atoms with E-state index >= 15 is 0 Å². The van der Waals surface area contributed by atoms with Crippen molar-refractivity contribution in [2.75, 3.05) is 7.11 Å². The lowest BCUT2D eigenvalue weighted by Crippen LogP contribution is -2.12. The van der Waals surface area contributed by atoms with Crippen molar-refractivity contribution < 1.29 is 18.3 Å². The van der Waals surface area contributed by atoms with Crippen molar-refractivity contribution in [2.45, 2.75) is 32.3 Å². The number of alkyl halides is 2. The molecule has 152 valence electrons. The molecule has 3 aromatic rings. The van der Waals surface area contributed by atoms with Gasteiger partial charge in [0.05, 0.1) is 17.5 Å². The summed E-state index contributed by atoms with van der Waals surface area (Å²) in [6.45, 7) is -2.98. The van der Waals surface area contributed by atoms with E-state index in [0.717, 1.165) is 31.2 Å². The molecule has 0 spiro atoms. The number of H-pyrrole nitrogens is 1. The minimum atomic E-state index is -2.98. The van der Waals surface area contributed by atoms with Gasteiger partial charge < -0.3 is 14.5 Å². The topological polar surface area (TPSA) is 64.2 Å². The van der Waals surface area contributed by atoms with Gasteiger partial charge in [-0.1, -0.05) is 17.7 Å². The summed E-state index contributed by atoms with van der Waals surface area (Å²) in [5.41, 5.74) is 1.38. The Kier molecular flexibility index (Phi) is 5.56. The zero-order valence-electron chi connectivity index (χ0n) is 15.4. The molecule has 0 saturated carbocycles. The van der Waals surface area contributed by atoms with Crippen LogP contribution in [0.25, 0.3) is 21.3 Å². The molecule has 0 unspecified atom stereocenters. The van der Waals surface area contributed by atoms with Crippen LogP contribution in [0, 0.1) is 0 Å². The highest BCUT2D eigenvalue weighted by atomic mass is 35.5. The average Bonchev–Trinajstić information content (AvgIpc) is 3.06. The van der Waals surface area contributed by atoms with Gasteiger partial charge in [-0.05, 0) is 55.0 Å². The first-order chi connectivity index (χ1) is 14.0. The van der Waals surface area contributed by atoms with Gasteiger partial charge in [0.1, 0.15) is 4.83 Å². The van der Waals surface area contributed by atoms with Crippen LogP contribution in [-0.4, -0.2) is 23.7 Å². The van der Waals surface area contributed by atoms with Crippen LogP contribution in [0.15, 0.2) is 23.0 Å². The number of thiophene rings is 1. The summed E-state index contributed by atoms with van der Waals surface area (Å²) in [6.07, 6.45) is 5.57. The number of halogens is 3. The second-order valence-electron chi connectivity index (χ2n) is 6.59. The summed E-state index contributed by atoms with van der Waals surface area (Å²) in [5, 5.41) is 0.832. The van der Waals surface area contributed by atoms with Crippen molar-refractivity contribution >= 4 is 44.3 Å². The second-order valence-corrected chi connectivity index (χ2v) is 8.08. The van der Waals surface area contributed by atoms with E-state index in [4.69, 9.17) is 16.3 Å². The molecule has 4 rings (SSSR count). The molecular weight excluding hydrogens is 422 g/mol. The van der Waals surface area contributed by atoms with Crippen LogP contribution < -0.4 is 15.0 Å². The lowest BCUT2D eigenvalue weighted by Gasteiger charge is -2.10. The van der Waals surface area contributed by atoms with Crippen LogP contribution in [-0.2, 0) is 12.8 Å². The molecule has 9 heteroatoms. The molecule has 0 amide bonds. The fourth-order valence-electron chi connectivity index (χ4n) is 3.46. The number of ether oxygens (including phenoxy) is 2. The Labute approximate surface area is 173 Å². The minimum Gasteiger partial charge on any atom is -0.493 e. The Bertz CT molecular complexity index is 1160. The number of aromatic nitrogens is 2. The van der Waals surface area contributed by atoms with Gasteiger partial charge in [-0.25, -0.2) is 4.98 Å². The van der Waals surface area contributed by atoms with Crippen LogP contribution >= 0.6 is 22.9 Å². The van der Waals surface area contributed by atoms with Crippen LogP contribution in [0.5, 0.6) is 11.5 Å². The van der Waals surface area contributed by atoms with Crippen molar-refractivity contribution in [1.29, 1.82) is 0 Å². The van der Waals surface area contributed by atoms with Crippen molar-refractivity contribution in [2.24, 2.45) is 0 Å². The van der Waals surface area contributed by atoms with E-state index in [1.165, 1.54) is 41.5 Å². The largest absolute Gasteiger partial charge is 0.493 e. The Morgan fingerprint density at radius 2 is 2.10 bits per heavy atom. The number of fused-ring (bicyclic) bond motifs is 3. The third-order valence-corrected chi connectivity index (χ3v) is 6.22. The molecule has 2 heterocycles. The van der Waals surface area contributed by atoms with Gasteiger partial charge in [-0.2, -0.15) is 8.78 Å². The normalized spacial score (nSPS) is 14.3. The maximum absolute atomic E-state index is 12.7. The molecule has 2 aromatic heterocycles. The van der Waals surface area contributed by atoms with E-state index in [0.29, 0.717) is 15.8 Å². The Morgan fingerprint density at radius 1 is 1.31 bits per heavy atom. The van der Waals surface area contributed by atoms with Crippen LogP contribution in [0.4, 0.5) is 8.78 Å². The number of hydrogen-bond acceptors (Lipinski definition) is 5. The molecule has 1 N–H and O–H groups in total. The lowest BCUT2D eigenvalue weighted by atomic mass is 9.97. The van der Waals surface area contributed by atoms with Crippen LogP contribution in [0.2, 0.25) is 0 Å². The van der Waals surface area contributed by atoms with Gasteiger partial charge >= 0.3 is 6.61 Å². The van der Waals surface area contributed by atoms with Crippen LogP contribution in [0.1, 0.15) is 34.7 Å². The molecule has 0 fully saturated rings. The minimum absolute atomic E-state index is 0.108. The summed E-state index contributed by atoms with van der Waals surface area (Å²) in [5.74, 6) is 0.300. The van der Waals surface area contributed by atoms with E-state index in [-0.39, 0.29) is 27.9 Å². The van der Waals surface area contributed by atoms with Gasteiger partial charge in [0.15, 0.2) is 17.3 Å². The average molecular weight is 439 g/mol.